The summed E-state index contributed by atoms with van der Waals surface area (Å²) in [4.78, 5) is 38.4. The molecule has 0 heterocycles. The summed E-state index contributed by atoms with van der Waals surface area (Å²) in [7, 11) is 0. The summed E-state index contributed by atoms with van der Waals surface area (Å²) in [5.41, 5.74) is 0. The first-order chi connectivity index (χ1) is 40.0. The second kappa shape index (κ2) is 68.1. The summed E-state index contributed by atoms with van der Waals surface area (Å²) in [5.74, 6) is -0.915. The minimum absolute atomic E-state index is 0.0913. The lowest BCUT2D eigenvalue weighted by Crippen LogP contribution is -2.30. The molecule has 0 saturated heterocycles. The van der Waals surface area contributed by atoms with E-state index in [-0.39, 0.29) is 31.1 Å². The quantitative estimate of drug-likeness (QED) is 0.0261. The van der Waals surface area contributed by atoms with Crippen molar-refractivity contribution in [3.8, 4) is 0 Å². The highest BCUT2D eigenvalue weighted by atomic mass is 16.6. The van der Waals surface area contributed by atoms with Gasteiger partial charge in [-0.3, -0.25) is 14.4 Å². The van der Waals surface area contributed by atoms with Gasteiger partial charge >= 0.3 is 17.9 Å². The van der Waals surface area contributed by atoms with Crippen molar-refractivity contribution in [3.63, 3.8) is 0 Å². The van der Waals surface area contributed by atoms with Crippen LogP contribution < -0.4 is 0 Å². The molecule has 6 nitrogen and oxygen atoms in total. The lowest BCUT2D eigenvalue weighted by Gasteiger charge is -2.18. The van der Waals surface area contributed by atoms with Gasteiger partial charge in [0.25, 0.3) is 0 Å². The molecule has 460 valence electrons. The summed E-state index contributed by atoms with van der Waals surface area (Å²) >= 11 is 0. The molecule has 0 aliphatic rings. The SMILES string of the molecule is CC/C=C\C/C=C\C/C=C\C/C=C\C/C=C\C/C=C\CCCCCCC(=O)OC(COC(=O)CCCCCCCCCCC/C=C\C/C=C\C/C=C\C/C=C\C/C=C\CC)COC(=O)CCCCCCCCCCCCCCCCC. The normalized spacial score (nSPS) is 13.0. The third-order valence-corrected chi connectivity index (χ3v) is 14.2. The Morgan fingerprint density at radius 2 is 0.481 bits per heavy atom. The fraction of sp³-hybridized carbons (Fsp3) is 0.667. The molecule has 0 N–H and O–H groups in total. The Morgan fingerprint density at radius 3 is 0.753 bits per heavy atom. The van der Waals surface area contributed by atoms with Crippen LogP contribution in [0.3, 0.4) is 0 Å². The van der Waals surface area contributed by atoms with Crippen LogP contribution in [0, 0.1) is 0 Å². The molecule has 81 heavy (non-hydrogen) atoms. The standard InChI is InChI=1S/C75H124O6/c1-4-7-10-13-16-19-22-25-28-30-32-34-36-37-39-40-42-44-47-50-53-56-59-62-65-68-74(77)80-71-72(70-79-73(76)67-64-61-58-55-52-49-46-27-24-21-18-15-12-9-6-3)81-75(78)69-66-63-60-57-54-51-48-45-43-41-38-35-33-31-29-26-23-20-17-14-11-8-5-2/h7-8,10-11,16-17,19-20,25-26,28-29,32-35,37,39,41,43,48,51,72H,4-6,9,12-15,18,21-24,27,30-31,36,38,40,42,44-47,49-50,52-71H2,1-3H3/b10-7-,11-8-,19-16-,20-17-,28-25-,29-26-,34-32-,35-33-,39-37-,43-41-,51-48-. The van der Waals surface area contributed by atoms with Gasteiger partial charge in [0.15, 0.2) is 6.10 Å². The van der Waals surface area contributed by atoms with Crippen LogP contribution in [0.15, 0.2) is 134 Å². The van der Waals surface area contributed by atoms with Crippen LogP contribution in [-0.2, 0) is 28.6 Å². The molecule has 0 saturated carbocycles. The van der Waals surface area contributed by atoms with Crippen LogP contribution in [0.5, 0.6) is 0 Å². The van der Waals surface area contributed by atoms with Gasteiger partial charge < -0.3 is 14.2 Å². The number of ether oxygens (including phenoxy) is 3. The van der Waals surface area contributed by atoms with Gasteiger partial charge in [0.2, 0.25) is 0 Å². The number of esters is 3. The Labute approximate surface area is 500 Å². The molecular formula is C75H124O6. The first kappa shape index (κ1) is 76.5. The van der Waals surface area contributed by atoms with Crippen molar-refractivity contribution < 1.29 is 28.6 Å². The second-order valence-corrected chi connectivity index (χ2v) is 22.0. The Balaban J connectivity index is 4.43. The monoisotopic (exact) mass is 1120 g/mol. The van der Waals surface area contributed by atoms with Crippen LogP contribution in [0.25, 0.3) is 0 Å². The van der Waals surface area contributed by atoms with Gasteiger partial charge in [0.05, 0.1) is 0 Å². The molecule has 0 aliphatic heterocycles. The number of rotatable bonds is 60. The zero-order valence-corrected chi connectivity index (χ0v) is 52.8. The molecule has 0 aliphatic carbocycles. The average Bonchev–Trinajstić information content (AvgIpc) is 3.47. The van der Waals surface area contributed by atoms with E-state index in [1.807, 2.05) is 0 Å². The summed E-state index contributed by atoms with van der Waals surface area (Å²) in [6.45, 7) is 6.41. The highest BCUT2D eigenvalue weighted by Crippen LogP contribution is 2.16. The number of allylic oxidation sites excluding steroid dienone is 22. The number of carbonyl (C=O) groups is 3. The third kappa shape index (κ3) is 66.2. The number of unbranched alkanes of at least 4 members (excludes halogenated alkanes) is 27. The highest BCUT2D eigenvalue weighted by molar-refractivity contribution is 5.71. The predicted molar refractivity (Wildman–Crippen MR) is 353 cm³/mol. The van der Waals surface area contributed by atoms with Crippen molar-refractivity contribution in [2.75, 3.05) is 13.2 Å². The van der Waals surface area contributed by atoms with Crippen molar-refractivity contribution in [3.05, 3.63) is 134 Å². The van der Waals surface area contributed by atoms with E-state index in [0.717, 1.165) is 148 Å². The highest BCUT2D eigenvalue weighted by Gasteiger charge is 2.19. The molecule has 0 radical (unpaired) electrons. The zero-order chi connectivity index (χ0) is 58.5. The Bertz CT molecular complexity index is 1720. The van der Waals surface area contributed by atoms with E-state index >= 15 is 0 Å². The summed E-state index contributed by atoms with van der Waals surface area (Å²) in [6.07, 6.45) is 96.0. The number of carbonyl (C=O) groups excluding carboxylic acids is 3. The van der Waals surface area contributed by atoms with Crippen molar-refractivity contribution in [2.45, 2.75) is 309 Å². The van der Waals surface area contributed by atoms with Gasteiger partial charge in [-0.05, 0) is 116 Å². The molecule has 0 spiro atoms. The maximum Gasteiger partial charge on any atom is 0.306 e. The lowest BCUT2D eigenvalue weighted by atomic mass is 10.0. The topological polar surface area (TPSA) is 78.9 Å². The summed E-state index contributed by atoms with van der Waals surface area (Å²) in [5, 5.41) is 0. The van der Waals surface area contributed by atoms with Crippen LogP contribution >= 0.6 is 0 Å². The van der Waals surface area contributed by atoms with E-state index in [1.165, 1.54) is 116 Å². The smallest absolute Gasteiger partial charge is 0.306 e. The maximum absolute atomic E-state index is 12.9. The van der Waals surface area contributed by atoms with Gasteiger partial charge in [-0.2, -0.15) is 0 Å². The predicted octanol–water partition coefficient (Wildman–Crippen LogP) is 23.3. The van der Waals surface area contributed by atoms with Crippen LogP contribution in [-0.4, -0.2) is 37.2 Å². The summed E-state index contributed by atoms with van der Waals surface area (Å²) in [6, 6.07) is 0. The van der Waals surface area contributed by atoms with Crippen LogP contribution in [0.2, 0.25) is 0 Å². The molecular weight excluding hydrogens is 997 g/mol. The molecule has 0 aromatic rings. The lowest BCUT2D eigenvalue weighted by molar-refractivity contribution is -0.167. The molecule has 6 heteroatoms. The van der Waals surface area contributed by atoms with Gasteiger partial charge in [-0.15, -0.1) is 0 Å². The van der Waals surface area contributed by atoms with Crippen LogP contribution in [0.1, 0.15) is 303 Å². The first-order valence-electron chi connectivity index (χ1n) is 33.7. The molecule has 0 bridgehead atoms. The van der Waals surface area contributed by atoms with Gasteiger partial charge in [-0.25, -0.2) is 0 Å². The minimum Gasteiger partial charge on any atom is -0.462 e. The molecule has 1 unspecified atom stereocenters. The van der Waals surface area contributed by atoms with E-state index in [9.17, 15) is 14.4 Å². The minimum atomic E-state index is -0.799. The van der Waals surface area contributed by atoms with Crippen molar-refractivity contribution in [1.29, 1.82) is 0 Å². The van der Waals surface area contributed by atoms with E-state index in [1.54, 1.807) is 0 Å². The molecule has 0 fully saturated rings. The maximum atomic E-state index is 12.9. The van der Waals surface area contributed by atoms with E-state index < -0.39 is 6.10 Å². The first-order valence-corrected chi connectivity index (χ1v) is 33.7. The average molecular weight is 1120 g/mol. The van der Waals surface area contributed by atoms with Crippen molar-refractivity contribution in [1.82, 2.24) is 0 Å². The van der Waals surface area contributed by atoms with E-state index in [4.69, 9.17) is 14.2 Å². The Hall–Kier alpha value is -4.45. The number of hydrogen-bond acceptors (Lipinski definition) is 6. The van der Waals surface area contributed by atoms with Gasteiger partial charge in [-0.1, -0.05) is 302 Å². The number of hydrogen-bond donors (Lipinski definition) is 0. The molecule has 0 rings (SSSR count). The largest absolute Gasteiger partial charge is 0.462 e. The Morgan fingerprint density at radius 1 is 0.259 bits per heavy atom. The molecule has 0 aromatic carbocycles. The molecule has 0 aromatic heterocycles. The Kier molecular flexibility index (Phi) is 64.3. The van der Waals surface area contributed by atoms with Crippen LogP contribution in [0.4, 0.5) is 0 Å². The fourth-order valence-corrected chi connectivity index (χ4v) is 9.18. The third-order valence-electron chi connectivity index (χ3n) is 14.2. The second-order valence-electron chi connectivity index (χ2n) is 22.0. The fourth-order valence-electron chi connectivity index (χ4n) is 9.18. The molecule has 1 atom stereocenters. The molecule has 0 amide bonds. The van der Waals surface area contributed by atoms with Crippen molar-refractivity contribution in [2.24, 2.45) is 0 Å². The van der Waals surface area contributed by atoms with E-state index in [2.05, 4.69) is 154 Å². The van der Waals surface area contributed by atoms with Gasteiger partial charge in [0, 0.05) is 19.3 Å². The van der Waals surface area contributed by atoms with Gasteiger partial charge in [0.1, 0.15) is 13.2 Å². The van der Waals surface area contributed by atoms with E-state index in [0.29, 0.717) is 19.3 Å². The summed E-state index contributed by atoms with van der Waals surface area (Å²) < 4.78 is 16.9. The zero-order valence-electron chi connectivity index (χ0n) is 52.8. The van der Waals surface area contributed by atoms with Crippen molar-refractivity contribution >= 4 is 17.9 Å².